The molecule has 0 atom stereocenters. The molecule has 0 aliphatic heterocycles. The molecule has 0 bridgehead atoms. The highest BCUT2D eigenvalue weighted by Crippen LogP contribution is 2.43. The second kappa shape index (κ2) is 7.12. The number of aliphatic imine (C=N–C) groups is 1. The molecule has 0 heterocycles. The highest BCUT2D eigenvalue weighted by Gasteiger charge is 2.41. The Kier molecular flexibility index (Phi) is 5.40. The zero-order chi connectivity index (χ0) is 16.9. The predicted molar refractivity (Wildman–Crippen MR) is 96.3 cm³/mol. The monoisotopic (exact) mass is 314 g/mol. The molecular weight excluding hydrogens is 287 g/mol. The van der Waals surface area contributed by atoms with Gasteiger partial charge in [-0.15, -0.1) is 0 Å². The van der Waals surface area contributed by atoms with Crippen molar-refractivity contribution in [2.24, 2.45) is 4.99 Å². The lowest BCUT2D eigenvalue weighted by Gasteiger charge is -2.43. The minimum absolute atomic E-state index is 0.287. The maximum absolute atomic E-state index is 14.3. The Balaban J connectivity index is 2.22. The van der Waals surface area contributed by atoms with Crippen LogP contribution in [0.2, 0.25) is 0 Å². The number of allylic oxidation sites excluding steroid dienone is 2. The molecule has 1 aliphatic carbocycles. The first-order chi connectivity index (χ1) is 10.9. The molecule has 1 aromatic rings. The van der Waals surface area contributed by atoms with Crippen LogP contribution in [0.3, 0.4) is 0 Å². The highest BCUT2D eigenvalue weighted by atomic mass is 19.1. The van der Waals surface area contributed by atoms with E-state index in [1.54, 1.807) is 13.1 Å². The van der Waals surface area contributed by atoms with E-state index >= 15 is 0 Å². The lowest BCUT2D eigenvalue weighted by molar-refractivity contribution is 0.0780. The molecule has 2 rings (SSSR count). The van der Waals surface area contributed by atoms with Crippen molar-refractivity contribution < 1.29 is 4.39 Å². The molecule has 1 aromatic carbocycles. The first kappa shape index (κ1) is 17.5. The first-order valence-electron chi connectivity index (χ1n) is 8.25. The van der Waals surface area contributed by atoms with Crippen LogP contribution < -0.4 is 5.32 Å². The Hall–Kier alpha value is -1.90. The van der Waals surface area contributed by atoms with Crippen LogP contribution in [0.4, 0.5) is 4.39 Å². The van der Waals surface area contributed by atoms with E-state index in [4.69, 9.17) is 0 Å². The van der Waals surface area contributed by atoms with E-state index in [1.165, 1.54) is 5.56 Å². The van der Waals surface area contributed by atoms with Crippen molar-refractivity contribution in [3.05, 3.63) is 59.9 Å². The van der Waals surface area contributed by atoms with Crippen molar-refractivity contribution in [3.63, 3.8) is 0 Å². The molecular formula is C20H27FN2. The molecule has 0 amide bonds. The van der Waals surface area contributed by atoms with Crippen LogP contribution in [0.1, 0.15) is 52.0 Å². The number of hydrogen-bond acceptors (Lipinski definition) is 2. The van der Waals surface area contributed by atoms with Gasteiger partial charge in [0.1, 0.15) is 11.5 Å². The molecule has 2 nitrogen and oxygen atoms in total. The third-order valence-electron chi connectivity index (χ3n) is 4.74. The van der Waals surface area contributed by atoms with Gasteiger partial charge in [0, 0.05) is 6.21 Å². The fourth-order valence-corrected chi connectivity index (χ4v) is 3.00. The molecule has 0 spiro atoms. The SMILES string of the molecule is C=C(N=C/C(C)=C\C)NC1(c2ccccc2)CCC(C)(F)CC1. The zero-order valence-electron chi connectivity index (χ0n) is 14.4. The van der Waals surface area contributed by atoms with Gasteiger partial charge in [0.2, 0.25) is 0 Å². The summed E-state index contributed by atoms with van der Waals surface area (Å²) < 4.78 is 14.3. The summed E-state index contributed by atoms with van der Waals surface area (Å²) >= 11 is 0. The molecule has 1 fully saturated rings. The molecule has 0 radical (unpaired) electrons. The van der Waals surface area contributed by atoms with Crippen LogP contribution in [0.25, 0.3) is 0 Å². The van der Waals surface area contributed by atoms with Crippen molar-refractivity contribution >= 4 is 6.21 Å². The molecule has 0 aromatic heterocycles. The number of halogens is 1. The third-order valence-corrected chi connectivity index (χ3v) is 4.74. The predicted octanol–water partition coefficient (Wildman–Crippen LogP) is 5.28. The molecule has 124 valence electrons. The lowest BCUT2D eigenvalue weighted by atomic mass is 9.72. The second-order valence-electron chi connectivity index (χ2n) is 6.72. The Bertz CT molecular complexity index is 589. The van der Waals surface area contributed by atoms with Crippen LogP contribution in [-0.4, -0.2) is 11.9 Å². The lowest BCUT2D eigenvalue weighted by Crippen LogP contribution is -2.47. The Labute approximate surface area is 139 Å². The van der Waals surface area contributed by atoms with E-state index in [2.05, 4.69) is 29.0 Å². The normalized spacial score (nSPS) is 28.8. The van der Waals surface area contributed by atoms with Gasteiger partial charge in [-0.05, 0) is 57.6 Å². The van der Waals surface area contributed by atoms with Crippen molar-refractivity contribution in [2.45, 2.75) is 57.7 Å². The van der Waals surface area contributed by atoms with Gasteiger partial charge >= 0.3 is 0 Å². The summed E-state index contributed by atoms with van der Waals surface area (Å²) in [7, 11) is 0. The van der Waals surface area contributed by atoms with Crippen molar-refractivity contribution in [3.8, 4) is 0 Å². The van der Waals surface area contributed by atoms with Crippen LogP contribution in [0, 0.1) is 0 Å². The van der Waals surface area contributed by atoms with Gasteiger partial charge in [-0.1, -0.05) is 43.0 Å². The minimum Gasteiger partial charge on any atom is -0.361 e. The fraction of sp³-hybridized carbons (Fsp3) is 0.450. The molecule has 23 heavy (non-hydrogen) atoms. The van der Waals surface area contributed by atoms with Gasteiger partial charge in [0.15, 0.2) is 0 Å². The second-order valence-corrected chi connectivity index (χ2v) is 6.72. The molecule has 1 N–H and O–H groups in total. The summed E-state index contributed by atoms with van der Waals surface area (Å²) in [6.45, 7) is 9.71. The molecule has 1 saturated carbocycles. The molecule has 3 heteroatoms. The summed E-state index contributed by atoms with van der Waals surface area (Å²) in [4.78, 5) is 4.40. The van der Waals surface area contributed by atoms with E-state index in [1.807, 2.05) is 38.1 Å². The maximum atomic E-state index is 14.3. The highest BCUT2D eigenvalue weighted by molar-refractivity contribution is 5.78. The van der Waals surface area contributed by atoms with Crippen molar-refractivity contribution in [1.82, 2.24) is 5.32 Å². The van der Waals surface area contributed by atoms with Crippen LogP contribution in [-0.2, 0) is 5.54 Å². The standard InChI is InChI=1S/C20H27FN2/c1-5-16(2)15-22-17(3)23-20(18-9-7-6-8-10-18)13-11-19(4,21)12-14-20/h5-10,15,23H,3,11-14H2,1-2,4H3/b16-5-,22-15?. The van der Waals surface area contributed by atoms with Gasteiger partial charge in [0.25, 0.3) is 0 Å². The number of nitrogens with one attached hydrogen (secondary N) is 1. The average Bonchev–Trinajstić information content (AvgIpc) is 2.55. The summed E-state index contributed by atoms with van der Waals surface area (Å²) in [5.41, 5.74) is 0.897. The number of rotatable bonds is 5. The van der Waals surface area contributed by atoms with E-state index in [0.29, 0.717) is 18.7 Å². The number of alkyl halides is 1. The van der Waals surface area contributed by atoms with E-state index in [9.17, 15) is 4.39 Å². The topological polar surface area (TPSA) is 24.4 Å². The summed E-state index contributed by atoms with van der Waals surface area (Å²) in [6, 6.07) is 10.3. The van der Waals surface area contributed by atoms with Crippen LogP contribution in [0.5, 0.6) is 0 Å². The summed E-state index contributed by atoms with van der Waals surface area (Å²) in [6.07, 6.45) is 6.36. The molecule has 0 unspecified atom stereocenters. The fourth-order valence-electron chi connectivity index (χ4n) is 3.00. The molecule has 0 saturated heterocycles. The Morgan fingerprint density at radius 3 is 2.39 bits per heavy atom. The summed E-state index contributed by atoms with van der Waals surface area (Å²) in [5.74, 6) is 0.623. The van der Waals surface area contributed by atoms with Crippen LogP contribution in [0.15, 0.2) is 59.4 Å². The Morgan fingerprint density at radius 2 is 1.83 bits per heavy atom. The summed E-state index contributed by atoms with van der Waals surface area (Å²) in [5, 5.41) is 3.48. The number of nitrogens with zero attached hydrogens (tertiary/aromatic N) is 1. The van der Waals surface area contributed by atoms with Gasteiger partial charge in [0.05, 0.1) is 5.54 Å². The average molecular weight is 314 g/mol. The molecule has 1 aliphatic rings. The van der Waals surface area contributed by atoms with E-state index < -0.39 is 5.67 Å². The van der Waals surface area contributed by atoms with E-state index in [0.717, 1.165) is 18.4 Å². The van der Waals surface area contributed by atoms with Crippen LogP contribution >= 0.6 is 0 Å². The first-order valence-corrected chi connectivity index (χ1v) is 8.25. The smallest absolute Gasteiger partial charge is 0.119 e. The van der Waals surface area contributed by atoms with Gasteiger partial charge < -0.3 is 5.32 Å². The number of benzene rings is 1. The third kappa shape index (κ3) is 4.54. The zero-order valence-corrected chi connectivity index (χ0v) is 14.4. The largest absolute Gasteiger partial charge is 0.361 e. The van der Waals surface area contributed by atoms with E-state index in [-0.39, 0.29) is 5.54 Å². The number of hydrogen-bond donors (Lipinski definition) is 1. The quantitative estimate of drug-likeness (QED) is 0.734. The van der Waals surface area contributed by atoms with Crippen molar-refractivity contribution in [2.75, 3.05) is 0 Å². The maximum Gasteiger partial charge on any atom is 0.119 e. The Morgan fingerprint density at radius 1 is 1.22 bits per heavy atom. The van der Waals surface area contributed by atoms with Gasteiger partial charge in [-0.25, -0.2) is 9.38 Å². The van der Waals surface area contributed by atoms with Gasteiger partial charge in [-0.2, -0.15) is 0 Å². The minimum atomic E-state index is -1.08. The van der Waals surface area contributed by atoms with Gasteiger partial charge in [-0.3, -0.25) is 0 Å². The van der Waals surface area contributed by atoms with Crippen molar-refractivity contribution in [1.29, 1.82) is 0 Å².